The zero-order valence-corrected chi connectivity index (χ0v) is 11.6. The molecule has 0 saturated carbocycles. The van der Waals surface area contributed by atoms with Crippen molar-refractivity contribution in [2.24, 2.45) is 0 Å². The zero-order valence-electron chi connectivity index (χ0n) is 10.8. The highest BCUT2D eigenvalue weighted by Gasteiger charge is 2.11. The highest BCUT2D eigenvalue weighted by molar-refractivity contribution is 7.07. The summed E-state index contributed by atoms with van der Waals surface area (Å²) in [6.45, 7) is 0.315. The number of carbonyl (C=O) groups is 1. The molecule has 1 aromatic heterocycles. The van der Waals surface area contributed by atoms with Crippen molar-refractivity contribution >= 4 is 17.2 Å². The van der Waals surface area contributed by atoms with E-state index in [0.29, 0.717) is 18.5 Å². The van der Waals surface area contributed by atoms with Crippen LogP contribution in [0.5, 0.6) is 0 Å². The molecule has 2 aromatic rings. The maximum atomic E-state index is 13.5. The van der Waals surface area contributed by atoms with Crippen LogP contribution < -0.4 is 0 Å². The third kappa shape index (κ3) is 3.89. The molecule has 100 valence electrons. The minimum atomic E-state index is -0.264. The molecule has 0 atom stereocenters. The lowest BCUT2D eigenvalue weighted by Gasteiger charge is -2.17. The van der Waals surface area contributed by atoms with Crippen LogP contribution in [0.25, 0.3) is 0 Å². The van der Waals surface area contributed by atoms with Gasteiger partial charge in [-0.3, -0.25) is 4.79 Å². The van der Waals surface area contributed by atoms with Crippen molar-refractivity contribution in [2.45, 2.75) is 19.4 Å². The van der Waals surface area contributed by atoms with Crippen molar-refractivity contribution < 1.29 is 9.18 Å². The van der Waals surface area contributed by atoms with Crippen LogP contribution in [0.1, 0.15) is 17.5 Å². The van der Waals surface area contributed by atoms with Crippen molar-refractivity contribution in [1.82, 2.24) is 4.90 Å². The van der Waals surface area contributed by atoms with E-state index in [4.69, 9.17) is 0 Å². The largest absolute Gasteiger partial charge is 0.341 e. The minimum absolute atomic E-state index is 0.0365. The van der Waals surface area contributed by atoms with Gasteiger partial charge in [-0.05, 0) is 34.9 Å². The molecule has 1 aromatic carbocycles. The number of nitrogens with zero attached hydrogens (tertiary/aromatic N) is 1. The fourth-order valence-electron chi connectivity index (χ4n) is 1.85. The van der Waals surface area contributed by atoms with Crippen LogP contribution in [0.4, 0.5) is 4.39 Å². The predicted molar refractivity (Wildman–Crippen MR) is 75.5 cm³/mol. The van der Waals surface area contributed by atoms with Gasteiger partial charge in [0.15, 0.2) is 0 Å². The third-order valence-electron chi connectivity index (χ3n) is 3.00. The Kier molecular flexibility index (Phi) is 4.68. The average Bonchev–Trinajstić information content (AvgIpc) is 2.91. The number of rotatable bonds is 5. The lowest BCUT2D eigenvalue weighted by atomic mass is 10.1. The second-order valence-corrected chi connectivity index (χ2v) is 5.25. The van der Waals surface area contributed by atoms with Crippen molar-refractivity contribution in [2.75, 3.05) is 7.05 Å². The molecule has 2 rings (SSSR count). The van der Waals surface area contributed by atoms with Crippen molar-refractivity contribution in [3.05, 3.63) is 58.0 Å². The van der Waals surface area contributed by atoms with Gasteiger partial charge in [-0.1, -0.05) is 18.2 Å². The molecule has 4 heteroatoms. The van der Waals surface area contributed by atoms with Crippen molar-refractivity contribution in [1.29, 1.82) is 0 Å². The molecular formula is C15H16FNOS. The highest BCUT2D eigenvalue weighted by Crippen LogP contribution is 2.12. The average molecular weight is 277 g/mol. The second kappa shape index (κ2) is 6.48. The molecule has 0 aliphatic rings. The Bertz CT molecular complexity index is 539. The summed E-state index contributed by atoms with van der Waals surface area (Å²) in [5.74, 6) is -0.227. The molecule has 0 fully saturated rings. The number of thiophene rings is 1. The summed E-state index contributed by atoms with van der Waals surface area (Å²) in [6.07, 6.45) is 1.20. The van der Waals surface area contributed by atoms with Crippen LogP contribution in [-0.4, -0.2) is 17.9 Å². The Labute approximate surface area is 116 Å². The van der Waals surface area contributed by atoms with E-state index in [1.165, 1.54) is 11.6 Å². The number of halogens is 1. The van der Waals surface area contributed by atoms with E-state index < -0.39 is 0 Å². The van der Waals surface area contributed by atoms with Gasteiger partial charge >= 0.3 is 0 Å². The Hall–Kier alpha value is -1.68. The number of amides is 1. The van der Waals surface area contributed by atoms with Gasteiger partial charge in [-0.15, -0.1) is 0 Å². The molecule has 0 saturated heterocycles. The summed E-state index contributed by atoms with van der Waals surface area (Å²) in [6, 6.07) is 8.57. The van der Waals surface area contributed by atoms with Crippen LogP contribution in [0, 0.1) is 5.82 Å². The zero-order chi connectivity index (χ0) is 13.7. The van der Waals surface area contributed by atoms with Gasteiger partial charge in [0.25, 0.3) is 0 Å². The van der Waals surface area contributed by atoms with Crippen molar-refractivity contribution in [3.63, 3.8) is 0 Å². The summed E-state index contributed by atoms with van der Waals surface area (Å²) >= 11 is 1.63. The molecule has 2 nitrogen and oxygen atoms in total. The second-order valence-electron chi connectivity index (χ2n) is 4.47. The Morgan fingerprint density at radius 3 is 2.79 bits per heavy atom. The normalized spacial score (nSPS) is 10.4. The van der Waals surface area contributed by atoms with Crippen molar-refractivity contribution in [3.8, 4) is 0 Å². The fourth-order valence-corrected chi connectivity index (χ4v) is 2.55. The fraction of sp³-hybridized carbons (Fsp3) is 0.267. The molecular weight excluding hydrogens is 261 g/mol. The molecule has 0 N–H and O–H groups in total. The van der Waals surface area contributed by atoms with Crippen LogP contribution >= 0.6 is 11.3 Å². The molecule has 0 radical (unpaired) electrons. The Morgan fingerprint density at radius 2 is 2.11 bits per heavy atom. The van der Waals surface area contributed by atoms with E-state index in [1.807, 2.05) is 16.8 Å². The molecule has 1 amide bonds. The topological polar surface area (TPSA) is 20.3 Å². The molecule has 1 heterocycles. The first kappa shape index (κ1) is 13.7. The number of hydrogen-bond acceptors (Lipinski definition) is 2. The van der Waals surface area contributed by atoms with E-state index in [-0.39, 0.29) is 11.7 Å². The third-order valence-corrected chi connectivity index (χ3v) is 3.73. The summed E-state index contributed by atoms with van der Waals surface area (Å²) in [7, 11) is 1.71. The highest BCUT2D eigenvalue weighted by atomic mass is 32.1. The Balaban J connectivity index is 1.87. The number of benzene rings is 1. The standard InChI is InChI=1S/C15H16FNOS/c1-17(10-13-4-2-3-5-14(13)16)15(18)7-6-12-8-9-19-11-12/h2-5,8-9,11H,6-7,10H2,1H3. The van der Waals surface area contributed by atoms with Gasteiger partial charge in [-0.2, -0.15) is 11.3 Å². The molecule has 0 aliphatic carbocycles. The van der Waals surface area contributed by atoms with E-state index in [2.05, 4.69) is 0 Å². The maximum Gasteiger partial charge on any atom is 0.222 e. The number of hydrogen-bond donors (Lipinski definition) is 0. The first-order valence-electron chi connectivity index (χ1n) is 6.15. The van der Waals surface area contributed by atoms with Crippen LogP contribution in [0.2, 0.25) is 0 Å². The Morgan fingerprint density at radius 1 is 1.32 bits per heavy atom. The summed E-state index contributed by atoms with van der Waals surface area (Å²) in [5, 5.41) is 4.05. The number of carbonyl (C=O) groups excluding carboxylic acids is 1. The maximum absolute atomic E-state index is 13.5. The SMILES string of the molecule is CN(Cc1ccccc1F)C(=O)CCc1ccsc1. The van der Waals surface area contributed by atoms with E-state index in [0.717, 1.165) is 6.42 Å². The smallest absolute Gasteiger partial charge is 0.222 e. The van der Waals surface area contributed by atoms with E-state index >= 15 is 0 Å². The van der Waals surface area contributed by atoms with E-state index in [1.54, 1.807) is 41.5 Å². The lowest BCUT2D eigenvalue weighted by Crippen LogP contribution is -2.26. The van der Waals surface area contributed by atoms with Gasteiger partial charge in [0.05, 0.1) is 0 Å². The molecule has 0 bridgehead atoms. The molecule has 0 unspecified atom stereocenters. The monoisotopic (exact) mass is 277 g/mol. The van der Waals surface area contributed by atoms with Crippen LogP contribution in [-0.2, 0) is 17.8 Å². The quantitative estimate of drug-likeness (QED) is 0.819. The van der Waals surface area contributed by atoms with Gasteiger partial charge in [-0.25, -0.2) is 4.39 Å². The minimum Gasteiger partial charge on any atom is -0.341 e. The number of aryl methyl sites for hydroxylation is 1. The first-order chi connectivity index (χ1) is 9.16. The van der Waals surface area contributed by atoms with Crippen LogP contribution in [0.3, 0.4) is 0 Å². The molecule has 19 heavy (non-hydrogen) atoms. The van der Waals surface area contributed by atoms with Crippen LogP contribution in [0.15, 0.2) is 41.1 Å². The summed E-state index contributed by atoms with van der Waals surface area (Å²) < 4.78 is 13.5. The van der Waals surface area contributed by atoms with Gasteiger partial charge in [0, 0.05) is 25.6 Å². The molecule has 0 spiro atoms. The van der Waals surface area contributed by atoms with Gasteiger partial charge in [0.1, 0.15) is 5.82 Å². The van der Waals surface area contributed by atoms with Gasteiger partial charge in [0.2, 0.25) is 5.91 Å². The lowest BCUT2D eigenvalue weighted by molar-refractivity contribution is -0.130. The summed E-state index contributed by atoms with van der Waals surface area (Å²) in [4.78, 5) is 13.5. The van der Waals surface area contributed by atoms with E-state index in [9.17, 15) is 9.18 Å². The predicted octanol–water partition coefficient (Wildman–Crippen LogP) is 3.48. The molecule has 0 aliphatic heterocycles. The summed E-state index contributed by atoms with van der Waals surface area (Å²) in [5.41, 5.74) is 1.73. The first-order valence-corrected chi connectivity index (χ1v) is 7.09. The van der Waals surface area contributed by atoms with Gasteiger partial charge < -0.3 is 4.90 Å².